The van der Waals surface area contributed by atoms with Crippen molar-refractivity contribution >= 4 is 27.2 Å². The van der Waals surface area contributed by atoms with Crippen LogP contribution in [0.4, 0.5) is 10.1 Å². The highest BCUT2D eigenvalue weighted by Gasteiger charge is 2.15. The second kappa shape index (κ2) is 4.49. The molecule has 0 saturated carbocycles. The SMILES string of the molecule is O=c1[nH]cnc2cc(-c3ccc([N+](=O)[O-])cc3F)sc12. The number of aromatic nitrogens is 2. The molecule has 1 N–H and O–H groups in total. The van der Waals surface area contributed by atoms with Gasteiger partial charge in [-0.3, -0.25) is 14.9 Å². The van der Waals surface area contributed by atoms with Crippen LogP contribution in [0.15, 0.2) is 35.4 Å². The number of aromatic amines is 1. The number of H-pyrrole nitrogens is 1. The molecule has 0 unspecified atom stereocenters. The van der Waals surface area contributed by atoms with Crippen molar-refractivity contribution in [3.05, 3.63) is 56.9 Å². The van der Waals surface area contributed by atoms with E-state index in [0.29, 0.717) is 15.1 Å². The molecule has 0 fully saturated rings. The minimum atomic E-state index is -0.706. The maximum absolute atomic E-state index is 13.9. The lowest BCUT2D eigenvalue weighted by molar-refractivity contribution is -0.385. The van der Waals surface area contributed by atoms with Gasteiger partial charge in [0.1, 0.15) is 10.5 Å². The number of benzene rings is 1. The Morgan fingerprint density at radius 2 is 2.15 bits per heavy atom. The minimum absolute atomic E-state index is 0.206. The van der Waals surface area contributed by atoms with Gasteiger partial charge in [0.2, 0.25) is 0 Å². The largest absolute Gasteiger partial charge is 0.312 e. The van der Waals surface area contributed by atoms with Crippen molar-refractivity contribution < 1.29 is 9.31 Å². The summed E-state index contributed by atoms with van der Waals surface area (Å²) in [6, 6.07) is 4.99. The summed E-state index contributed by atoms with van der Waals surface area (Å²) in [5.41, 5.74) is 0.0569. The molecule has 0 saturated heterocycles. The number of nitrogens with one attached hydrogen (secondary N) is 1. The fourth-order valence-electron chi connectivity index (χ4n) is 1.82. The summed E-state index contributed by atoms with van der Waals surface area (Å²) in [7, 11) is 0. The van der Waals surface area contributed by atoms with Crippen molar-refractivity contribution in [2.45, 2.75) is 0 Å². The summed E-state index contributed by atoms with van der Waals surface area (Å²) in [4.78, 5) is 28.4. The third-order valence-corrected chi connectivity index (χ3v) is 3.90. The monoisotopic (exact) mass is 291 g/mol. The number of hydrogen-bond acceptors (Lipinski definition) is 5. The molecule has 0 amide bonds. The third kappa shape index (κ3) is 1.95. The number of hydrogen-bond donors (Lipinski definition) is 1. The fraction of sp³-hybridized carbons (Fsp3) is 0. The van der Waals surface area contributed by atoms with Crippen LogP contribution < -0.4 is 5.56 Å². The Balaban J connectivity index is 2.18. The predicted molar refractivity (Wildman–Crippen MR) is 72.3 cm³/mol. The van der Waals surface area contributed by atoms with Crippen LogP contribution >= 0.6 is 11.3 Å². The molecule has 0 aliphatic heterocycles. The molecule has 2 heterocycles. The maximum atomic E-state index is 13.9. The van der Waals surface area contributed by atoms with Crippen molar-refractivity contribution in [1.82, 2.24) is 9.97 Å². The van der Waals surface area contributed by atoms with Gasteiger partial charge >= 0.3 is 0 Å². The maximum Gasteiger partial charge on any atom is 0.272 e. The second-order valence-electron chi connectivity index (χ2n) is 3.98. The van der Waals surface area contributed by atoms with E-state index in [9.17, 15) is 19.3 Å². The highest BCUT2D eigenvalue weighted by Crippen LogP contribution is 2.33. The van der Waals surface area contributed by atoms with Crippen molar-refractivity contribution in [2.24, 2.45) is 0 Å². The number of halogens is 1. The van der Waals surface area contributed by atoms with Crippen molar-refractivity contribution in [3.63, 3.8) is 0 Å². The highest BCUT2D eigenvalue weighted by molar-refractivity contribution is 7.22. The first-order valence-electron chi connectivity index (χ1n) is 5.48. The molecule has 8 heteroatoms. The third-order valence-electron chi connectivity index (χ3n) is 2.75. The Kier molecular flexibility index (Phi) is 2.79. The zero-order valence-electron chi connectivity index (χ0n) is 9.79. The van der Waals surface area contributed by atoms with Crippen LogP contribution in [0.25, 0.3) is 20.7 Å². The molecule has 0 bridgehead atoms. The fourth-order valence-corrected chi connectivity index (χ4v) is 2.85. The topological polar surface area (TPSA) is 88.9 Å². The quantitative estimate of drug-likeness (QED) is 0.580. The Bertz CT molecular complexity index is 887. The summed E-state index contributed by atoms with van der Waals surface area (Å²) in [5, 5.41) is 10.6. The van der Waals surface area contributed by atoms with E-state index in [4.69, 9.17) is 0 Å². The van der Waals surface area contributed by atoms with Crippen LogP contribution in [0.2, 0.25) is 0 Å². The van der Waals surface area contributed by atoms with Crippen molar-refractivity contribution in [2.75, 3.05) is 0 Å². The van der Waals surface area contributed by atoms with E-state index in [1.54, 1.807) is 6.07 Å². The van der Waals surface area contributed by atoms with Gasteiger partial charge in [0.15, 0.2) is 0 Å². The lowest BCUT2D eigenvalue weighted by Crippen LogP contribution is -2.02. The van der Waals surface area contributed by atoms with Gasteiger partial charge in [0.05, 0.1) is 22.8 Å². The number of nitro benzene ring substituents is 1. The molecular formula is C12H6FN3O3S. The standard InChI is InChI=1S/C12H6FN3O3S/c13-8-3-6(16(18)19)1-2-7(8)10-4-9-11(20-10)12(17)15-5-14-9/h1-5H,(H,14,15,17). The van der Waals surface area contributed by atoms with Gasteiger partial charge in [-0.2, -0.15) is 0 Å². The normalized spacial score (nSPS) is 10.8. The lowest BCUT2D eigenvalue weighted by Gasteiger charge is -1.99. The van der Waals surface area contributed by atoms with E-state index in [2.05, 4.69) is 9.97 Å². The molecule has 2 aromatic heterocycles. The smallest absolute Gasteiger partial charge is 0.272 e. The zero-order valence-corrected chi connectivity index (χ0v) is 10.6. The number of nitro groups is 1. The van der Waals surface area contributed by atoms with E-state index < -0.39 is 10.7 Å². The first kappa shape index (κ1) is 12.4. The number of thiophene rings is 1. The number of nitrogens with zero attached hydrogens (tertiary/aromatic N) is 2. The molecule has 100 valence electrons. The summed E-state index contributed by atoms with van der Waals surface area (Å²) in [6.45, 7) is 0. The van der Waals surface area contributed by atoms with E-state index >= 15 is 0 Å². The number of non-ortho nitro benzene ring substituents is 1. The molecule has 0 spiro atoms. The Hall–Kier alpha value is -2.61. The number of rotatable bonds is 2. The zero-order chi connectivity index (χ0) is 14.3. The van der Waals surface area contributed by atoms with Gasteiger partial charge in [0.25, 0.3) is 11.2 Å². The predicted octanol–water partition coefficient (Wildman–Crippen LogP) is 2.70. The lowest BCUT2D eigenvalue weighted by atomic mass is 10.1. The van der Waals surface area contributed by atoms with Crippen LogP contribution in [0.3, 0.4) is 0 Å². The molecule has 3 rings (SSSR count). The summed E-state index contributed by atoms with van der Waals surface area (Å²) >= 11 is 1.09. The number of fused-ring (bicyclic) bond motifs is 1. The average molecular weight is 291 g/mol. The summed E-state index contributed by atoms with van der Waals surface area (Å²) < 4.78 is 14.3. The van der Waals surface area contributed by atoms with Crippen LogP contribution in [0.5, 0.6) is 0 Å². The van der Waals surface area contributed by atoms with Gasteiger partial charge in [-0.15, -0.1) is 11.3 Å². The van der Waals surface area contributed by atoms with Gasteiger partial charge in [-0.1, -0.05) is 0 Å². The van der Waals surface area contributed by atoms with E-state index in [-0.39, 0.29) is 16.8 Å². The molecule has 6 nitrogen and oxygen atoms in total. The first-order valence-corrected chi connectivity index (χ1v) is 6.29. The Morgan fingerprint density at radius 1 is 1.35 bits per heavy atom. The molecule has 3 aromatic rings. The molecule has 0 radical (unpaired) electrons. The van der Waals surface area contributed by atoms with E-state index in [1.807, 2.05) is 0 Å². The van der Waals surface area contributed by atoms with Gasteiger partial charge in [-0.25, -0.2) is 9.37 Å². The van der Waals surface area contributed by atoms with Crippen LogP contribution in [-0.4, -0.2) is 14.9 Å². The van der Waals surface area contributed by atoms with E-state index in [1.165, 1.54) is 18.5 Å². The molecule has 20 heavy (non-hydrogen) atoms. The molecule has 0 aliphatic carbocycles. The van der Waals surface area contributed by atoms with E-state index in [0.717, 1.165) is 17.4 Å². The van der Waals surface area contributed by atoms with Gasteiger partial charge in [0, 0.05) is 16.5 Å². The Morgan fingerprint density at radius 3 is 2.80 bits per heavy atom. The molecule has 0 aliphatic rings. The minimum Gasteiger partial charge on any atom is -0.312 e. The van der Waals surface area contributed by atoms with Gasteiger partial charge < -0.3 is 4.98 Å². The van der Waals surface area contributed by atoms with Crippen LogP contribution in [-0.2, 0) is 0 Å². The van der Waals surface area contributed by atoms with Crippen molar-refractivity contribution in [1.29, 1.82) is 0 Å². The molecule has 0 atom stereocenters. The summed E-state index contributed by atoms with van der Waals surface area (Å²) in [6.07, 6.45) is 1.27. The van der Waals surface area contributed by atoms with Crippen molar-refractivity contribution in [3.8, 4) is 10.4 Å². The highest BCUT2D eigenvalue weighted by atomic mass is 32.1. The van der Waals surface area contributed by atoms with Crippen LogP contribution in [0, 0.1) is 15.9 Å². The first-order chi connectivity index (χ1) is 9.56. The van der Waals surface area contributed by atoms with Gasteiger partial charge in [-0.05, 0) is 12.1 Å². The summed E-state index contributed by atoms with van der Waals surface area (Å²) in [5.74, 6) is -0.706. The Labute approximate surface area is 114 Å². The molecule has 1 aromatic carbocycles. The molecular weight excluding hydrogens is 285 g/mol. The average Bonchev–Trinajstić information content (AvgIpc) is 2.83. The van der Waals surface area contributed by atoms with Crippen LogP contribution in [0.1, 0.15) is 0 Å². The second-order valence-corrected chi connectivity index (χ2v) is 5.03.